The Balaban J connectivity index is 1.90. The van der Waals surface area contributed by atoms with Gasteiger partial charge in [0.2, 0.25) is 0 Å². The molecule has 2 aromatic carbocycles. The highest BCUT2D eigenvalue weighted by atomic mass is 16.5. The molecule has 0 amide bonds. The van der Waals surface area contributed by atoms with Crippen LogP contribution in [0.15, 0.2) is 54.6 Å². The zero-order valence-corrected chi connectivity index (χ0v) is 13.0. The SMILES string of the molecule is O=C(O)CCCOc1ccc(C(=O)/C=C/c2cccc(O)c2)cc1. The molecule has 0 aliphatic rings. The summed E-state index contributed by atoms with van der Waals surface area (Å²) in [6.07, 6.45) is 3.58. The zero-order chi connectivity index (χ0) is 17.4. The third kappa shape index (κ3) is 5.61. The summed E-state index contributed by atoms with van der Waals surface area (Å²) in [6, 6.07) is 13.3. The molecule has 24 heavy (non-hydrogen) atoms. The average Bonchev–Trinajstić information content (AvgIpc) is 2.57. The fourth-order valence-electron chi connectivity index (χ4n) is 2.03. The highest BCUT2D eigenvalue weighted by Crippen LogP contribution is 2.15. The summed E-state index contributed by atoms with van der Waals surface area (Å²) >= 11 is 0. The van der Waals surface area contributed by atoms with Gasteiger partial charge in [0.1, 0.15) is 11.5 Å². The lowest BCUT2D eigenvalue weighted by Gasteiger charge is -2.05. The van der Waals surface area contributed by atoms with Gasteiger partial charge >= 0.3 is 5.97 Å². The number of aliphatic carboxylic acids is 1. The van der Waals surface area contributed by atoms with Gasteiger partial charge in [0.05, 0.1) is 6.61 Å². The Hall–Kier alpha value is -3.08. The number of carbonyl (C=O) groups excluding carboxylic acids is 1. The van der Waals surface area contributed by atoms with Crippen LogP contribution in [0.25, 0.3) is 6.08 Å². The van der Waals surface area contributed by atoms with Gasteiger partial charge in [-0.05, 0) is 54.5 Å². The van der Waals surface area contributed by atoms with Crippen LogP contribution in [-0.2, 0) is 4.79 Å². The van der Waals surface area contributed by atoms with Gasteiger partial charge in [0.25, 0.3) is 0 Å². The number of carboxylic acids is 1. The van der Waals surface area contributed by atoms with Gasteiger partial charge in [-0.3, -0.25) is 9.59 Å². The van der Waals surface area contributed by atoms with Crippen LogP contribution in [0.4, 0.5) is 0 Å². The van der Waals surface area contributed by atoms with E-state index in [9.17, 15) is 14.7 Å². The number of carboxylic acid groups (broad SMARTS) is 1. The van der Waals surface area contributed by atoms with Crippen molar-refractivity contribution in [2.45, 2.75) is 12.8 Å². The number of carbonyl (C=O) groups is 2. The molecule has 5 nitrogen and oxygen atoms in total. The number of ether oxygens (including phenoxy) is 1. The number of rotatable bonds is 8. The maximum Gasteiger partial charge on any atom is 0.303 e. The Morgan fingerprint density at radius 2 is 1.83 bits per heavy atom. The van der Waals surface area contributed by atoms with Crippen LogP contribution < -0.4 is 4.74 Å². The van der Waals surface area contributed by atoms with Crippen LogP contribution in [-0.4, -0.2) is 28.6 Å². The molecule has 0 unspecified atom stereocenters. The standard InChI is InChI=1S/C19H18O5/c20-16-4-1-3-14(13-16)6-11-18(21)15-7-9-17(10-8-15)24-12-2-5-19(22)23/h1,3-4,6-11,13,20H,2,5,12H2,(H,22,23)/b11-6+. The fraction of sp³-hybridized carbons (Fsp3) is 0.158. The van der Waals surface area contributed by atoms with Crippen molar-refractivity contribution in [1.82, 2.24) is 0 Å². The van der Waals surface area contributed by atoms with E-state index in [1.807, 2.05) is 0 Å². The Morgan fingerprint density at radius 1 is 1.08 bits per heavy atom. The molecule has 124 valence electrons. The molecular formula is C19H18O5. The molecular weight excluding hydrogens is 308 g/mol. The second kappa shape index (κ2) is 8.53. The fourth-order valence-corrected chi connectivity index (χ4v) is 2.03. The minimum Gasteiger partial charge on any atom is -0.508 e. The molecule has 0 saturated heterocycles. The van der Waals surface area contributed by atoms with E-state index in [1.165, 1.54) is 6.08 Å². The molecule has 0 saturated carbocycles. The van der Waals surface area contributed by atoms with E-state index in [-0.39, 0.29) is 18.0 Å². The first kappa shape index (κ1) is 17.3. The van der Waals surface area contributed by atoms with Crippen molar-refractivity contribution >= 4 is 17.8 Å². The van der Waals surface area contributed by atoms with E-state index >= 15 is 0 Å². The highest BCUT2D eigenvalue weighted by molar-refractivity contribution is 6.06. The molecule has 0 radical (unpaired) electrons. The van der Waals surface area contributed by atoms with Crippen LogP contribution in [0, 0.1) is 0 Å². The first-order valence-electron chi connectivity index (χ1n) is 7.51. The summed E-state index contributed by atoms with van der Waals surface area (Å²) in [4.78, 5) is 22.5. The number of hydrogen-bond acceptors (Lipinski definition) is 4. The number of phenols is 1. The Morgan fingerprint density at radius 3 is 2.50 bits per heavy atom. The topological polar surface area (TPSA) is 83.8 Å². The molecule has 0 fully saturated rings. The number of ketones is 1. The normalized spacial score (nSPS) is 10.7. The zero-order valence-electron chi connectivity index (χ0n) is 13.0. The summed E-state index contributed by atoms with van der Waals surface area (Å²) in [7, 11) is 0. The molecule has 2 aromatic rings. The van der Waals surface area contributed by atoms with Crippen LogP contribution in [0.2, 0.25) is 0 Å². The molecule has 5 heteroatoms. The van der Waals surface area contributed by atoms with E-state index in [0.717, 1.165) is 5.56 Å². The first-order valence-corrected chi connectivity index (χ1v) is 7.51. The van der Waals surface area contributed by atoms with E-state index in [2.05, 4.69) is 0 Å². The summed E-state index contributed by atoms with van der Waals surface area (Å²) in [5, 5.41) is 17.9. The summed E-state index contributed by atoms with van der Waals surface area (Å²) in [5.41, 5.74) is 1.26. The third-order valence-corrected chi connectivity index (χ3v) is 3.24. The molecule has 2 rings (SSSR count). The second-order valence-corrected chi connectivity index (χ2v) is 5.16. The highest BCUT2D eigenvalue weighted by Gasteiger charge is 2.03. The average molecular weight is 326 g/mol. The van der Waals surface area contributed by atoms with Gasteiger partial charge in [0.15, 0.2) is 5.78 Å². The number of allylic oxidation sites excluding steroid dienone is 1. The number of aromatic hydroxyl groups is 1. The lowest BCUT2D eigenvalue weighted by atomic mass is 10.1. The van der Waals surface area contributed by atoms with E-state index < -0.39 is 5.97 Å². The van der Waals surface area contributed by atoms with Crippen LogP contribution >= 0.6 is 0 Å². The largest absolute Gasteiger partial charge is 0.508 e. The lowest BCUT2D eigenvalue weighted by molar-refractivity contribution is -0.137. The minimum atomic E-state index is -0.849. The molecule has 0 bridgehead atoms. The number of benzene rings is 2. The van der Waals surface area contributed by atoms with E-state index in [1.54, 1.807) is 54.6 Å². The van der Waals surface area contributed by atoms with Crippen molar-refractivity contribution in [2.24, 2.45) is 0 Å². The van der Waals surface area contributed by atoms with Gasteiger partial charge in [-0.2, -0.15) is 0 Å². The van der Waals surface area contributed by atoms with Gasteiger partial charge in [-0.15, -0.1) is 0 Å². The molecule has 0 heterocycles. The smallest absolute Gasteiger partial charge is 0.303 e. The second-order valence-electron chi connectivity index (χ2n) is 5.16. The van der Waals surface area contributed by atoms with Crippen molar-refractivity contribution in [1.29, 1.82) is 0 Å². The molecule has 0 aliphatic heterocycles. The third-order valence-electron chi connectivity index (χ3n) is 3.24. The molecule has 2 N–H and O–H groups in total. The van der Waals surface area contributed by atoms with Crippen molar-refractivity contribution in [3.8, 4) is 11.5 Å². The van der Waals surface area contributed by atoms with Crippen LogP contribution in [0.5, 0.6) is 11.5 Å². The van der Waals surface area contributed by atoms with Gasteiger partial charge in [-0.1, -0.05) is 18.2 Å². The summed E-state index contributed by atoms with van der Waals surface area (Å²) in [6.45, 7) is 0.316. The predicted molar refractivity (Wildman–Crippen MR) is 90.3 cm³/mol. The maximum absolute atomic E-state index is 12.1. The van der Waals surface area contributed by atoms with Crippen molar-refractivity contribution in [3.63, 3.8) is 0 Å². The molecule has 0 spiro atoms. The van der Waals surface area contributed by atoms with Gasteiger partial charge in [0, 0.05) is 12.0 Å². The molecule has 0 aromatic heterocycles. The van der Waals surface area contributed by atoms with Crippen molar-refractivity contribution < 1.29 is 24.5 Å². The minimum absolute atomic E-state index is 0.0659. The monoisotopic (exact) mass is 326 g/mol. The Kier molecular flexibility index (Phi) is 6.14. The maximum atomic E-state index is 12.1. The van der Waals surface area contributed by atoms with Crippen molar-refractivity contribution in [2.75, 3.05) is 6.61 Å². The lowest BCUT2D eigenvalue weighted by Crippen LogP contribution is -2.02. The summed E-state index contributed by atoms with van der Waals surface area (Å²) in [5.74, 6) is -0.267. The molecule has 0 aliphatic carbocycles. The van der Waals surface area contributed by atoms with Gasteiger partial charge < -0.3 is 14.9 Å². The first-order chi connectivity index (χ1) is 11.5. The van der Waals surface area contributed by atoms with Crippen LogP contribution in [0.3, 0.4) is 0 Å². The Labute approximate surface area is 139 Å². The molecule has 0 atom stereocenters. The van der Waals surface area contributed by atoms with Crippen molar-refractivity contribution in [3.05, 3.63) is 65.7 Å². The van der Waals surface area contributed by atoms with E-state index in [4.69, 9.17) is 9.84 Å². The van der Waals surface area contributed by atoms with E-state index in [0.29, 0.717) is 24.3 Å². The van der Waals surface area contributed by atoms with Gasteiger partial charge in [-0.25, -0.2) is 0 Å². The number of phenolic OH excluding ortho intramolecular Hbond substituents is 1. The summed E-state index contributed by atoms with van der Waals surface area (Å²) < 4.78 is 5.41. The predicted octanol–water partition coefficient (Wildman–Crippen LogP) is 3.53. The Bertz CT molecular complexity index is 732. The van der Waals surface area contributed by atoms with Crippen LogP contribution in [0.1, 0.15) is 28.8 Å². The quantitative estimate of drug-likeness (QED) is 0.440. The number of hydrogen-bond donors (Lipinski definition) is 2.